The number of β-amino-alcohol motifs (C(OH)–C–C–N with tert-alkyl or cyclic N) is 1. The van der Waals surface area contributed by atoms with Crippen LogP contribution in [-0.2, 0) is 4.74 Å². The first-order valence-corrected chi connectivity index (χ1v) is 7.44. The Morgan fingerprint density at radius 2 is 1.74 bits per heavy atom. The van der Waals surface area contributed by atoms with Crippen LogP contribution < -0.4 is 0 Å². The molecule has 0 aromatic heterocycles. The summed E-state index contributed by atoms with van der Waals surface area (Å²) >= 11 is 0. The van der Waals surface area contributed by atoms with Gasteiger partial charge in [-0.1, -0.05) is 12.8 Å². The second-order valence-electron chi connectivity index (χ2n) is 5.40. The number of unbranched alkanes of at least 4 members (excludes halogenated alkanes) is 3. The Labute approximate surface area is 116 Å². The zero-order chi connectivity index (χ0) is 14.3. The molecule has 4 atom stereocenters. The predicted octanol–water partition coefficient (Wildman–Crippen LogP) is 0.370. The van der Waals surface area contributed by atoms with Crippen LogP contribution in [0, 0.1) is 0 Å². The van der Waals surface area contributed by atoms with Gasteiger partial charge in [0.15, 0.2) is 0 Å². The van der Waals surface area contributed by atoms with Gasteiger partial charge < -0.3 is 20.1 Å². The summed E-state index contributed by atoms with van der Waals surface area (Å²) in [7, 11) is 0. The van der Waals surface area contributed by atoms with Crippen molar-refractivity contribution in [2.24, 2.45) is 0 Å². The van der Waals surface area contributed by atoms with Gasteiger partial charge in [-0.2, -0.15) is 0 Å². The molecule has 0 saturated carbocycles. The third-order valence-electron chi connectivity index (χ3n) is 3.92. The van der Waals surface area contributed by atoms with Crippen molar-refractivity contribution >= 4 is 0 Å². The molecule has 1 rings (SSSR count). The molecule has 3 N–H and O–H groups in total. The highest BCUT2D eigenvalue weighted by atomic mass is 16.5. The fraction of sp³-hybridized carbons (Fsp3) is 1.00. The van der Waals surface area contributed by atoms with Crippen molar-refractivity contribution in [2.45, 2.75) is 63.9 Å². The van der Waals surface area contributed by atoms with E-state index < -0.39 is 18.3 Å². The second kappa shape index (κ2) is 8.87. The van der Waals surface area contributed by atoms with Gasteiger partial charge in [-0.25, -0.2) is 0 Å². The van der Waals surface area contributed by atoms with Crippen molar-refractivity contribution in [1.82, 2.24) is 4.90 Å². The quantitative estimate of drug-likeness (QED) is 0.558. The first-order valence-electron chi connectivity index (χ1n) is 7.44. The summed E-state index contributed by atoms with van der Waals surface area (Å²) in [5.74, 6) is 0. The van der Waals surface area contributed by atoms with Crippen molar-refractivity contribution in [3.8, 4) is 0 Å². The molecular weight excluding hydrogens is 246 g/mol. The minimum atomic E-state index is -1.02. The van der Waals surface area contributed by atoms with E-state index in [4.69, 9.17) is 4.74 Å². The van der Waals surface area contributed by atoms with Crippen molar-refractivity contribution in [3.05, 3.63) is 0 Å². The maximum atomic E-state index is 9.82. The van der Waals surface area contributed by atoms with E-state index in [1.54, 1.807) is 0 Å². The Hall–Kier alpha value is -0.200. The Balaban J connectivity index is 2.15. The Bertz CT molecular complexity index is 239. The van der Waals surface area contributed by atoms with Crippen LogP contribution in [0.2, 0.25) is 0 Å². The number of piperidine rings is 1. The Kier molecular flexibility index (Phi) is 7.87. The molecule has 1 saturated heterocycles. The number of aliphatic hydroxyl groups excluding tert-OH is 3. The third-order valence-corrected chi connectivity index (χ3v) is 3.92. The summed E-state index contributed by atoms with van der Waals surface area (Å²) in [4.78, 5) is 2.06. The second-order valence-corrected chi connectivity index (χ2v) is 5.40. The van der Waals surface area contributed by atoms with Crippen molar-refractivity contribution in [2.75, 3.05) is 26.3 Å². The first kappa shape index (κ1) is 16.9. The van der Waals surface area contributed by atoms with E-state index in [0.29, 0.717) is 6.54 Å². The van der Waals surface area contributed by atoms with E-state index >= 15 is 0 Å². The van der Waals surface area contributed by atoms with Crippen molar-refractivity contribution in [1.29, 1.82) is 0 Å². The molecule has 1 heterocycles. The van der Waals surface area contributed by atoms with Crippen LogP contribution in [0.1, 0.15) is 39.5 Å². The average molecular weight is 275 g/mol. The SMILES string of the molecule is CCOCCCCCCN1C[C@H](O)[C@@H](O)[C@@H](O)[C@H]1C. The largest absolute Gasteiger partial charge is 0.389 e. The van der Waals surface area contributed by atoms with Gasteiger partial charge in [-0.3, -0.25) is 4.90 Å². The number of likely N-dealkylation sites (tertiary alicyclic amines) is 1. The van der Waals surface area contributed by atoms with Gasteiger partial charge in [0.25, 0.3) is 0 Å². The molecular formula is C14H29NO4. The lowest BCUT2D eigenvalue weighted by Gasteiger charge is -2.42. The lowest BCUT2D eigenvalue weighted by atomic mass is 9.94. The summed E-state index contributed by atoms with van der Waals surface area (Å²) in [6.45, 7) is 6.82. The van der Waals surface area contributed by atoms with Crippen molar-refractivity contribution in [3.63, 3.8) is 0 Å². The molecule has 0 radical (unpaired) electrons. The van der Waals surface area contributed by atoms with E-state index in [-0.39, 0.29) is 6.04 Å². The standard InChI is InChI=1S/C14H29NO4/c1-3-19-9-7-5-4-6-8-15-10-12(16)14(18)13(17)11(15)2/h11-14,16-18H,3-10H2,1-2H3/t11-,12+,13+,14-/m1/s1. The molecule has 114 valence electrons. The van der Waals surface area contributed by atoms with Crippen LogP contribution in [-0.4, -0.2) is 70.9 Å². The highest BCUT2D eigenvalue weighted by Crippen LogP contribution is 2.19. The van der Waals surface area contributed by atoms with E-state index in [9.17, 15) is 15.3 Å². The molecule has 0 unspecified atom stereocenters. The van der Waals surface area contributed by atoms with Gasteiger partial charge in [0.1, 0.15) is 6.10 Å². The number of aliphatic hydroxyl groups is 3. The van der Waals surface area contributed by atoms with Crippen LogP contribution in [0.15, 0.2) is 0 Å². The molecule has 1 fully saturated rings. The molecule has 0 amide bonds. The lowest BCUT2D eigenvalue weighted by Crippen LogP contribution is -2.60. The summed E-state index contributed by atoms with van der Waals surface area (Å²) in [6.07, 6.45) is 1.70. The average Bonchev–Trinajstić information content (AvgIpc) is 2.41. The minimum Gasteiger partial charge on any atom is -0.389 e. The summed E-state index contributed by atoms with van der Waals surface area (Å²) in [5.41, 5.74) is 0. The lowest BCUT2D eigenvalue weighted by molar-refractivity contribution is -0.133. The summed E-state index contributed by atoms with van der Waals surface area (Å²) in [6, 6.07) is -0.0955. The van der Waals surface area contributed by atoms with Gasteiger partial charge in [-0.05, 0) is 33.2 Å². The summed E-state index contributed by atoms with van der Waals surface area (Å²) < 4.78 is 5.28. The van der Waals surface area contributed by atoms with E-state index in [2.05, 4.69) is 4.90 Å². The normalized spacial score (nSPS) is 32.7. The number of nitrogens with zero attached hydrogens (tertiary/aromatic N) is 1. The van der Waals surface area contributed by atoms with Crippen molar-refractivity contribution < 1.29 is 20.1 Å². The van der Waals surface area contributed by atoms with E-state index in [1.165, 1.54) is 0 Å². The number of ether oxygens (including phenoxy) is 1. The molecule has 19 heavy (non-hydrogen) atoms. The predicted molar refractivity (Wildman–Crippen MR) is 74.0 cm³/mol. The molecule has 1 aliphatic rings. The van der Waals surface area contributed by atoms with Crippen LogP contribution in [0.5, 0.6) is 0 Å². The first-order chi connectivity index (χ1) is 9.07. The van der Waals surface area contributed by atoms with Gasteiger partial charge in [0.2, 0.25) is 0 Å². The summed E-state index contributed by atoms with van der Waals surface area (Å²) in [5, 5.41) is 29.1. The zero-order valence-corrected chi connectivity index (χ0v) is 12.2. The Morgan fingerprint density at radius 1 is 1.05 bits per heavy atom. The highest BCUT2D eigenvalue weighted by molar-refractivity contribution is 4.91. The molecule has 0 spiro atoms. The van der Waals surface area contributed by atoms with Gasteiger partial charge in [0.05, 0.1) is 12.2 Å². The van der Waals surface area contributed by atoms with Gasteiger partial charge >= 0.3 is 0 Å². The third kappa shape index (κ3) is 5.36. The fourth-order valence-electron chi connectivity index (χ4n) is 2.56. The Morgan fingerprint density at radius 3 is 2.42 bits per heavy atom. The molecule has 1 aliphatic heterocycles. The van der Waals surface area contributed by atoms with Crippen LogP contribution in [0.3, 0.4) is 0 Å². The van der Waals surface area contributed by atoms with Crippen LogP contribution in [0.25, 0.3) is 0 Å². The monoisotopic (exact) mass is 275 g/mol. The molecule has 5 heteroatoms. The molecule has 0 aromatic carbocycles. The fourth-order valence-corrected chi connectivity index (χ4v) is 2.56. The number of hydrogen-bond acceptors (Lipinski definition) is 5. The number of rotatable bonds is 8. The molecule has 5 nitrogen and oxygen atoms in total. The maximum absolute atomic E-state index is 9.82. The van der Waals surface area contributed by atoms with Gasteiger partial charge in [0, 0.05) is 25.8 Å². The molecule has 0 aromatic rings. The van der Waals surface area contributed by atoms with E-state index in [0.717, 1.165) is 45.4 Å². The topological polar surface area (TPSA) is 73.2 Å². The van der Waals surface area contributed by atoms with Crippen LogP contribution >= 0.6 is 0 Å². The highest BCUT2D eigenvalue weighted by Gasteiger charge is 2.38. The molecule has 0 aliphatic carbocycles. The zero-order valence-electron chi connectivity index (χ0n) is 12.2. The minimum absolute atomic E-state index is 0.0955. The van der Waals surface area contributed by atoms with E-state index in [1.807, 2.05) is 13.8 Å². The van der Waals surface area contributed by atoms with Crippen LogP contribution in [0.4, 0.5) is 0 Å². The number of hydrogen-bond donors (Lipinski definition) is 3. The maximum Gasteiger partial charge on any atom is 0.108 e. The molecule has 0 bridgehead atoms. The van der Waals surface area contributed by atoms with Gasteiger partial charge in [-0.15, -0.1) is 0 Å². The smallest absolute Gasteiger partial charge is 0.108 e.